The average Bonchev–Trinajstić information content (AvgIpc) is 3.22. The van der Waals surface area contributed by atoms with Crippen LogP contribution in [0.25, 0.3) is 22.1 Å². The van der Waals surface area contributed by atoms with Gasteiger partial charge in [-0.25, -0.2) is 4.79 Å². The maximum Gasteiger partial charge on any atom is 0.323 e. The number of nitrogens with zero attached hydrogens (tertiary/aromatic N) is 3. The summed E-state index contributed by atoms with van der Waals surface area (Å²) in [5, 5.41) is 8.90. The summed E-state index contributed by atoms with van der Waals surface area (Å²) in [6.45, 7) is 3.68. The lowest BCUT2D eigenvalue weighted by Gasteiger charge is -2.34. The molecule has 3 aromatic carbocycles. The summed E-state index contributed by atoms with van der Waals surface area (Å²) in [6.07, 6.45) is 0. The zero-order valence-corrected chi connectivity index (χ0v) is 19.3. The monoisotopic (exact) mass is 480 g/mol. The first-order valence-corrected chi connectivity index (χ1v) is 11.5. The molecule has 1 saturated heterocycles. The highest BCUT2D eigenvalue weighted by Gasteiger charge is 2.22. The third-order valence-corrected chi connectivity index (χ3v) is 6.23. The number of anilines is 1. The van der Waals surface area contributed by atoms with Gasteiger partial charge in [-0.15, -0.1) is 0 Å². The van der Waals surface area contributed by atoms with E-state index >= 15 is 0 Å². The zero-order valence-electron chi connectivity index (χ0n) is 17.8. The summed E-state index contributed by atoms with van der Waals surface area (Å²) in [4.78, 5) is 16.9. The number of para-hydroxylation sites is 1. The van der Waals surface area contributed by atoms with Crippen molar-refractivity contribution in [3.63, 3.8) is 0 Å². The van der Waals surface area contributed by atoms with Gasteiger partial charge in [0.15, 0.2) is 11.4 Å². The van der Waals surface area contributed by atoms with E-state index in [0.29, 0.717) is 34.5 Å². The number of urea groups is 1. The predicted octanol–water partition coefficient (Wildman–Crippen LogP) is 6.15. The van der Waals surface area contributed by atoms with Crippen LogP contribution in [0.3, 0.4) is 0 Å². The SMILES string of the molecule is O=C(Nc1noc2ccccc12)N1CCN(Cc2cccc(-c3cc(Cl)cc(Cl)c3)c2)CC1. The molecule has 0 spiro atoms. The molecule has 0 unspecified atom stereocenters. The summed E-state index contributed by atoms with van der Waals surface area (Å²) in [5.74, 6) is 0.455. The lowest BCUT2D eigenvalue weighted by atomic mass is 10.0. The van der Waals surface area contributed by atoms with Crippen molar-refractivity contribution in [3.8, 4) is 11.1 Å². The van der Waals surface area contributed by atoms with Crippen molar-refractivity contribution < 1.29 is 9.32 Å². The molecule has 0 bridgehead atoms. The molecule has 1 aliphatic rings. The number of aromatic nitrogens is 1. The fraction of sp³-hybridized carbons (Fsp3) is 0.200. The van der Waals surface area contributed by atoms with Crippen LogP contribution in [0.15, 0.2) is 71.3 Å². The van der Waals surface area contributed by atoms with Gasteiger partial charge in [-0.3, -0.25) is 10.2 Å². The average molecular weight is 481 g/mol. The zero-order chi connectivity index (χ0) is 22.8. The van der Waals surface area contributed by atoms with Gasteiger partial charge in [0.2, 0.25) is 0 Å². The van der Waals surface area contributed by atoms with Crippen molar-refractivity contribution in [1.82, 2.24) is 15.0 Å². The summed E-state index contributed by atoms with van der Waals surface area (Å²) in [5.41, 5.74) is 3.93. The van der Waals surface area contributed by atoms with Crippen LogP contribution in [0, 0.1) is 0 Å². The van der Waals surface area contributed by atoms with Crippen molar-refractivity contribution in [2.75, 3.05) is 31.5 Å². The van der Waals surface area contributed by atoms with E-state index in [2.05, 4.69) is 33.6 Å². The Bertz CT molecular complexity index is 1280. The van der Waals surface area contributed by atoms with E-state index in [0.717, 1.165) is 36.1 Å². The molecule has 6 nitrogen and oxygen atoms in total. The molecule has 1 aliphatic heterocycles. The lowest BCUT2D eigenvalue weighted by molar-refractivity contribution is 0.143. The molecule has 0 radical (unpaired) electrons. The molecule has 1 aromatic heterocycles. The molecule has 5 rings (SSSR count). The molecule has 0 atom stereocenters. The van der Waals surface area contributed by atoms with E-state index in [9.17, 15) is 4.79 Å². The number of nitrogens with one attached hydrogen (secondary N) is 1. The van der Waals surface area contributed by atoms with Crippen LogP contribution in [-0.4, -0.2) is 47.2 Å². The number of amides is 2. The molecule has 8 heteroatoms. The third-order valence-electron chi connectivity index (χ3n) is 5.79. The second-order valence-corrected chi connectivity index (χ2v) is 8.95. The van der Waals surface area contributed by atoms with Gasteiger partial charge in [-0.2, -0.15) is 0 Å². The van der Waals surface area contributed by atoms with Crippen molar-refractivity contribution in [2.45, 2.75) is 6.54 Å². The fourth-order valence-corrected chi connectivity index (χ4v) is 4.62. The number of benzene rings is 3. The molecule has 1 fully saturated rings. The molecule has 2 amide bonds. The number of hydrogen-bond donors (Lipinski definition) is 1. The highest BCUT2D eigenvalue weighted by atomic mass is 35.5. The minimum Gasteiger partial charge on any atom is -0.354 e. The first-order chi connectivity index (χ1) is 16.0. The van der Waals surface area contributed by atoms with E-state index in [1.807, 2.05) is 47.4 Å². The van der Waals surface area contributed by atoms with Crippen molar-refractivity contribution in [3.05, 3.63) is 82.3 Å². The minimum absolute atomic E-state index is 0.159. The highest BCUT2D eigenvalue weighted by molar-refractivity contribution is 6.35. The first kappa shape index (κ1) is 21.8. The van der Waals surface area contributed by atoms with Crippen LogP contribution in [0.5, 0.6) is 0 Å². The van der Waals surface area contributed by atoms with Crippen molar-refractivity contribution in [1.29, 1.82) is 0 Å². The quantitative estimate of drug-likeness (QED) is 0.380. The number of rotatable bonds is 4. The van der Waals surface area contributed by atoms with Crippen LogP contribution in [-0.2, 0) is 6.54 Å². The van der Waals surface area contributed by atoms with Gasteiger partial charge in [-0.05, 0) is 53.1 Å². The van der Waals surface area contributed by atoms with E-state index in [-0.39, 0.29) is 6.03 Å². The molecule has 0 saturated carbocycles. The van der Waals surface area contributed by atoms with Gasteiger partial charge >= 0.3 is 6.03 Å². The van der Waals surface area contributed by atoms with Crippen LogP contribution >= 0.6 is 23.2 Å². The number of fused-ring (bicyclic) bond motifs is 1. The Morgan fingerprint density at radius 2 is 1.67 bits per heavy atom. The fourth-order valence-electron chi connectivity index (χ4n) is 4.09. The number of hydrogen-bond acceptors (Lipinski definition) is 4. The van der Waals surface area contributed by atoms with Gasteiger partial charge in [0.25, 0.3) is 0 Å². The molecular formula is C25H22Cl2N4O2. The smallest absolute Gasteiger partial charge is 0.323 e. The molecule has 4 aromatic rings. The third kappa shape index (κ3) is 4.98. The Morgan fingerprint density at radius 3 is 2.45 bits per heavy atom. The summed E-state index contributed by atoms with van der Waals surface area (Å²) in [7, 11) is 0. The van der Waals surface area contributed by atoms with E-state index < -0.39 is 0 Å². The molecule has 2 heterocycles. The van der Waals surface area contributed by atoms with Crippen LogP contribution in [0.1, 0.15) is 5.56 Å². The minimum atomic E-state index is -0.159. The number of piperazine rings is 1. The Morgan fingerprint density at radius 1 is 0.909 bits per heavy atom. The second-order valence-electron chi connectivity index (χ2n) is 8.08. The number of halogens is 2. The largest absolute Gasteiger partial charge is 0.354 e. The molecular weight excluding hydrogens is 459 g/mol. The standard InChI is InChI=1S/C25H22Cl2N4O2/c26-20-13-19(14-21(27)15-20)18-5-3-4-17(12-18)16-30-8-10-31(11-9-30)25(32)28-24-22-6-1-2-7-23(22)33-29-24/h1-7,12-15H,8-11,16H2,(H,28,29,32). The first-order valence-electron chi connectivity index (χ1n) is 10.7. The lowest BCUT2D eigenvalue weighted by Crippen LogP contribution is -2.49. The normalized spacial score (nSPS) is 14.5. The van der Waals surface area contributed by atoms with Gasteiger partial charge in [0.1, 0.15) is 0 Å². The maximum atomic E-state index is 12.7. The molecule has 168 valence electrons. The summed E-state index contributed by atoms with van der Waals surface area (Å²) < 4.78 is 5.27. The Hall–Kier alpha value is -3.06. The Kier molecular flexibility index (Phi) is 6.22. The van der Waals surface area contributed by atoms with Crippen molar-refractivity contribution >= 4 is 46.0 Å². The Balaban J connectivity index is 1.19. The number of carbonyl (C=O) groups is 1. The predicted molar refractivity (Wildman–Crippen MR) is 132 cm³/mol. The van der Waals surface area contributed by atoms with Gasteiger partial charge in [-0.1, -0.05) is 58.7 Å². The van der Waals surface area contributed by atoms with Gasteiger partial charge in [0.05, 0.1) is 5.39 Å². The summed E-state index contributed by atoms with van der Waals surface area (Å²) >= 11 is 12.3. The van der Waals surface area contributed by atoms with Gasteiger partial charge in [0, 0.05) is 42.8 Å². The second kappa shape index (κ2) is 9.43. The van der Waals surface area contributed by atoms with Crippen LogP contribution < -0.4 is 5.32 Å². The maximum absolute atomic E-state index is 12.7. The van der Waals surface area contributed by atoms with E-state index in [1.165, 1.54) is 5.56 Å². The molecule has 0 aliphatic carbocycles. The summed E-state index contributed by atoms with van der Waals surface area (Å²) in [6, 6.07) is 21.3. The van der Waals surface area contributed by atoms with Gasteiger partial charge < -0.3 is 9.42 Å². The van der Waals surface area contributed by atoms with E-state index in [4.69, 9.17) is 27.7 Å². The van der Waals surface area contributed by atoms with Crippen LogP contribution in [0.4, 0.5) is 10.6 Å². The van der Waals surface area contributed by atoms with E-state index in [1.54, 1.807) is 6.07 Å². The van der Waals surface area contributed by atoms with Crippen LogP contribution in [0.2, 0.25) is 10.0 Å². The Labute approximate surface area is 201 Å². The van der Waals surface area contributed by atoms with Crippen molar-refractivity contribution in [2.24, 2.45) is 0 Å². The number of carbonyl (C=O) groups excluding carboxylic acids is 1. The molecule has 33 heavy (non-hydrogen) atoms. The topological polar surface area (TPSA) is 61.6 Å². The highest BCUT2D eigenvalue weighted by Crippen LogP contribution is 2.28. The molecule has 1 N–H and O–H groups in total.